The van der Waals surface area contributed by atoms with Crippen molar-refractivity contribution in [2.45, 2.75) is 6.92 Å². The van der Waals surface area contributed by atoms with Crippen LogP contribution < -0.4 is 5.32 Å². The smallest absolute Gasteiger partial charge is 0.270 e. The molecule has 1 heterocycles. The van der Waals surface area contributed by atoms with Crippen LogP contribution in [0.3, 0.4) is 0 Å². The quantitative estimate of drug-likeness (QED) is 0.676. The fourth-order valence-electron chi connectivity index (χ4n) is 1.56. The van der Waals surface area contributed by atoms with Gasteiger partial charge in [0.05, 0.1) is 4.92 Å². The molecule has 2 rings (SSSR count). The number of nitrogens with one attached hydrogen (secondary N) is 1. The fraction of sp³-hybridized carbons (Fsp3) is 0.0769. The average molecular weight is 257 g/mol. The highest BCUT2D eigenvalue weighted by Crippen LogP contribution is 2.15. The normalized spacial score (nSPS) is 9.95. The summed E-state index contributed by atoms with van der Waals surface area (Å²) in [5.74, 6) is 0.0181. The Balaban J connectivity index is 2.23. The van der Waals surface area contributed by atoms with Crippen molar-refractivity contribution in [2.24, 2.45) is 0 Å². The SMILES string of the molecule is Cc1cccnc1NC(=O)c1cccc([N+](=O)[O-])c1. The van der Waals surface area contributed by atoms with Gasteiger partial charge in [-0.05, 0) is 24.6 Å². The first-order valence-corrected chi connectivity index (χ1v) is 5.55. The molecule has 96 valence electrons. The maximum Gasteiger partial charge on any atom is 0.270 e. The molecule has 0 fully saturated rings. The molecule has 0 unspecified atom stereocenters. The molecule has 0 aliphatic carbocycles. The Hall–Kier alpha value is -2.76. The zero-order chi connectivity index (χ0) is 13.8. The molecule has 0 radical (unpaired) electrons. The Bertz CT molecular complexity index is 641. The van der Waals surface area contributed by atoms with Gasteiger partial charge in [0.25, 0.3) is 11.6 Å². The number of aryl methyl sites for hydroxylation is 1. The van der Waals surface area contributed by atoms with Crippen LogP contribution in [0.4, 0.5) is 11.5 Å². The van der Waals surface area contributed by atoms with Gasteiger partial charge < -0.3 is 5.32 Å². The maximum absolute atomic E-state index is 12.0. The molecule has 0 saturated carbocycles. The number of rotatable bonds is 3. The molecule has 2 aromatic rings. The van der Waals surface area contributed by atoms with E-state index in [-0.39, 0.29) is 11.3 Å². The standard InChI is InChI=1S/C13H11N3O3/c1-9-4-3-7-14-12(9)15-13(17)10-5-2-6-11(8-10)16(18)19/h2-8H,1H3,(H,14,15,17). The summed E-state index contributed by atoms with van der Waals surface area (Å²) >= 11 is 0. The largest absolute Gasteiger partial charge is 0.306 e. The number of nitrogens with zero attached hydrogens (tertiary/aromatic N) is 2. The van der Waals surface area contributed by atoms with Gasteiger partial charge in [-0.3, -0.25) is 14.9 Å². The van der Waals surface area contributed by atoms with Crippen LogP contribution in [0.25, 0.3) is 0 Å². The van der Waals surface area contributed by atoms with Crippen LogP contribution in [-0.2, 0) is 0 Å². The lowest BCUT2D eigenvalue weighted by Gasteiger charge is -2.06. The summed E-state index contributed by atoms with van der Waals surface area (Å²) in [6.45, 7) is 1.82. The minimum absolute atomic E-state index is 0.120. The second-order valence-electron chi connectivity index (χ2n) is 3.93. The molecule has 1 amide bonds. The van der Waals surface area contributed by atoms with Crippen molar-refractivity contribution in [3.63, 3.8) is 0 Å². The van der Waals surface area contributed by atoms with Crippen molar-refractivity contribution in [3.8, 4) is 0 Å². The highest BCUT2D eigenvalue weighted by atomic mass is 16.6. The van der Waals surface area contributed by atoms with Gasteiger partial charge in [-0.1, -0.05) is 12.1 Å². The van der Waals surface area contributed by atoms with Gasteiger partial charge in [-0.2, -0.15) is 0 Å². The topological polar surface area (TPSA) is 85.1 Å². The van der Waals surface area contributed by atoms with Crippen LogP contribution in [0.5, 0.6) is 0 Å². The van der Waals surface area contributed by atoms with Crippen LogP contribution >= 0.6 is 0 Å². The molecule has 0 aliphatic heterocycles. The summed E-state index contributed by atoms with van der Waals surface area (Å²) in [7, 11) is 0. The number of carbonyl (C=O) groups is 1. The van der Waals surface area contributed by atoms with Gasteiger partial charge in [-0.25, -0.2) is 4.98 Å². The van der Waals surface area contributed by atoms with Crippen molar-refractivity contribution < 1.29 is 9.72 Å². The Labute approximate surface area is 109 Å². The van der Waals surface area contributed by atoms with Crippen LogP contribution in [0, 0.1) is 17.0 Å². The fourth-order valence-corrected chi connectivity index (χ4v) is 1.56. The molecule has 0 saturated heterocycles. The van der Waals surface area contributed by atoms with E-state index in [1.54, 1.807) is 12.3 Å². The van der Waals surface area contributed by atoms with Crippen molar-refractivity contribution in [2.75, 3.05) is 5.32 Å². The Morgan fingerprint density at radius 1 is 1.32 bits per heavy atom. The van der Waals surface area contributed by atoms with E-state index in [9.17, 15) is 14.9 Å². The van der Waals surface area contributed by atoms with Crippen LogP contribution in [-0.4, -0.2) is 15.8 Å². The lowest BCUT2D eigenvalue weighted by molar-refractivity contribution is -0.384. The number of hydrogen-bond acceptors (Lipinski definition) is 4. The van der Waals surface area contributed by atoms with Crippen LogP contribution in [0.2, 0.25) is 0 Å². The average Bonchev–Trinajstić information content (AvgIpc) is 2.41. The molecular weight excluding hydrogens is 246 g/mol. The number of amides is 1. The molecule has 0 atom stereocenters. The van der Waals surface area contributed by atoms with Crippen molar-refractivity contribution in [3.05, 3.63) is 63.8 Å². The summed E-state index contributed by atoms with van der Waals surface area (Å²) in [5, 5.41) is 13.3. The Morgan fingerprint density at radius 3 is 2.79 bits per heavy atom. The van der Waals surface area contributed by atoms with Crippen molar-refractivity contribution >= 4 is 17.4 Å². The minimum Gasteiger partial charge on any atom is -0.306 e. The van der Waals surface area contributed by atoms with Crippen molar-refractivity contribution in [1.82, 2.24) is 4.98 Å². The third kappa shape index (κ3) is 2.92. The number of non-ortho nitro benzene ring substituents is 1. The maximum atomic E-state index is 12.0. The van der Waals surface area contributed by atoms with Gasteiger partial charge in [0.2, 0.25) is 0 Å². The molecule has 0 bridgehead atoms. The van der Waals surface area contributed by atoms with Crippen LogP contribution in [0.1, 0.15) is 15.9 Å². The third-order valence-electron chi connectivity index (χ3n) is 2.56. The number of aromatic nitrogens is 1. The zero-order valence-corrected chi connectivity index (χ0v) is 10.2. The second kappa shape index (κ2) is 5.26. The zero-order valence-electron chi connectivity index (χ0n) is 10.2. The molecule has 6 heteroatoms. The lowest BCUT2D eigenvalue weighted by Crippen LogP contribution is -2.14. The highest BCUT2D eigenvalue weighted by molar-refractivity contribution is 6.04. The number of hydrogen-bond donors (Lipinski definition) is 1. The van der Waals surface area contributed by atoms with Gasteiger partial charge in [0.15, 0.2) is 0 Å². The predicted octanol–water partition coefficient (Wildman–Crippen LogP) is 2.55. The number of nitro benzene ring substituents is 1. The van der Waals surface area contributed by atoms with Crippen LogP contribution in [0.15, 0.2) is 42.6 Å². The molecule has 6 nitrogen and oxygen atoms in total. The van der Waals surface area contributed by atoms with Gasteiger partial charge in [0, 0.05) is 23.9 Å². The molecule has 1 N–H and O–H groups in total. The predicted molar refractivity (Wildman–Crippen MR) is 70.0 cm³/mol. The second-order valence-corrected chi connectivity index (χ2v) is 3.93. The molecular formula is C13H11N3O3. The first-order chi connectivity index (χ1) is 9.08. The van der Waals surface area contributed by atoms with E-state index in [4.69, 9.17) is 0 Å². The van der Waals surface area contributed by atoms with E-state index in [0.717, 1.165) is 5.56 Å². The Kier molecular flexibility index (Phi) is 3.51. The van der Waals surface area contributed by atoms with Gasteiger partial charge >= 0.3 is 0 Å². The number of carbonyl (C=O) groups excluding carboxylic acids is 1. The van der Waals surface area contributed by atoms with E-state index < -0.39 is 10.8 Å². The number of pyridine rings is 1. The summed E-state index contributed by atoms with van der Waals surface area (Å²) in [5.41, 5.74) is 0.922. The van der Waals surface area contributed by atoms with E-state index in [2.05, 4.69) is 10.3 Å². The summed E-state index contributed by atoms with van der Waals surface area (Å²) in [4.78, 5) is 26.1. The van der Waals surface area contributed by atoms with Crippen molar-refractivity contribution in [1.29, 1.82) is 0 Å². The summed E-state index contributed by atoms with van der Waals surface area (Å²) in [6.07, 6.45) is 1.57. The summed E-state index contributed by atoms with van der Waals surface area (Å²) < 4.78 is 0. The highest BCUT2D eigenvalue weighted by Gasteiger charge is 2.12. The first-order valence-electron chi connectivity index (χ1n) is 5.55. The van der Waals surface area contributed by atoms with E-state index in [0.29, 0.717) is 5.82 Å². The minimum atomic E-state index is -0.539. The Morgan fingerprint density at radius 2 is 2.11 bits per heavy atom. The third-order valence-corrected chi connectivity index (χ3v) is 2.56. The molecule has 0 spiro atoms. The molecule has 1 aromatic heterocycles. The number of nitro groups is 1. The van der Waals surface area contributed by atoms with Gasteiger partial charge in [0.1, 0.15) is 5.82 Å². The monoisotopic (exact) mass is 257 g/mol. The molecule has 1 aromatic carbocycles. The first kappa shape index (κ1) is 12.7. The summed E-state index contributed by atoms with van der Waals surface area (Å²) in [6, 6.07) is 9.13. The van der Waals surface area contributed by atoms with E-state index in [1.165, 1.54) is 24.3 Å². The lowest BCUT2D eigenvalue weighted by atomic mass is 10.2. The number of anilines is 1. The molecule has 19 heavy (non-hydrogen) atoms. The number of benzene rings is 1. The molecule has 0 aliphatic rings. The van der Waals surface area contributed by atoms with E-state index in [1.807, 2.05) is 13.0 Å². The van der Waals surface area contributed by atoms with E-state index >= 15 is 0 Å². The van der Waals surface area contributed by atoms with Gasteiger partial charge in [-0.15, -0.1) is 0 Å².